The van der Waals surface area contributed by atoms with E-state index in [0.717, 1.165) is 0 Å². The van der Waals surface area contributed by atoms with Gasteiger partial charge in [-0.05, 0) is 12.4 Å². The zero-order valence-corrected chi connectivity index (χ0v) is 15.1. The maximum absolute atomic E-state index is 4.14. The van der Waals surface area contributed by atoms with E-state index in [9.17, 15) is 0 Å². The van der Waals surface area contributed by atoms with Gasteiger partial charge in [0.05, 0.1) is 0 Å². The van der Waals surface area contributed by atoms with E-state index in [-0.39, 0.29) is 65.4 Å². The fourth-order valence-electron chi connectivity index (χ4n) is 1.32. The van der Waals surface area contributed by atoms with Crippen LogP contribution in [0.15, 0.2) is 18.5 Å². The number of hydrogen-bond acceptors (Lipinski definition) is 1. The molecule has 0 amide bonds. The summed E-state index contributed by atoms with van der Waals surface area (Å²) in [7, 11) is 0. The number of hydrogen-bond donors (Lipinski definition) is 0. The molecule has 0 aromatic carbocycles. The third-order valence-corrected chi connectivity index (χ3v) is 2.01. The van der Waals surface area contributed by atoms with Gasteiger partial charge in [0, 0.05) is 65.4 Å². The van der Waals surface area contributed by atoms with Gasteiger partial charge in [0.1, 0.15) is 0 Å². The molecule has 0 unspecified atom stereocenters. The Labute approximate surface area is 138 Å². The summed E-state index contributed by atoms with van der Waals surface area (Å²) in [6, 6.07) is 2.09. The molecular weight excluding hydrogens is 324 g/mol. The van der Waals surface area contributed by atoms with E-state index in [1.807, 2.05) is 12.4 Å². The van der Waals surface area contributed by atoms with Crippen LogP contribution in [0.2, 0.25) is 0 Å². The van der Waals surface area contributed by atoms with Gasteiger partial charge in [0.15, 0.2) is 0 Å². The largest absolute Gasteiger partial charge is 0.291 e. The molecule has 1 rings (SSSR count). The Bertz CT molecular complexity index is 232. The number of aromatic nitrogens is 1. The maximum atomic E-state index is 4.14. The molecule has 0 fully saturated rings. The Morgan fingerprint density at radius 2 is 1.79 bits per heavy atom. The maximum Gasteiger partial charge on any atom is 0 e. The minimum Gasteiger partial charge on any atom is -0.291 e. The first-order chi connectivity index (χ1) is 5.63. The van der Waals surface area contributed by atoms with Crippen molar-refractivity contribution in [3.63, 3.8) is 0 Å². The molecule has 0 atom stereocenters. The summed E-state index contributed by atoms with van der Waals surface area (Å²) in [6.07, 6.45) is 3.82. The average molecular weight is 340 g/mol. The van der Waals surface area contributed by atoms with E-state index < -0.39 is 0 Å². The summed E-state index contributed by atoms with van der Waals surface area (Å²) >= 11 is 0. The molecule has 0 bridgehead atoms. The second-order valence-electron chi connectivity index (χ2n) is 3.62. The van der Waals surface area contributed by atoms with Gasteiger partial charge in [-0.15, -0.1) is 11.6 Å². The minimum atomic E-state index is 0. The predicted molar refractivity (Wildman–Crippen MR) is 52.0 cm³/mol. The van der Waals surface area contributed by atoms with Gasteiger partial charge in [0.25, 0.3) is 0 Å². The fraction of sp³-hybridized carbons (Fsp3) is 0.455. The van der Waals surface area contributed by atoms with Crippen molar-refractivity contribution in [1.82, 2.24) is 4.98 Å². The normalized spacial score (nSPS) is 8.93. The van der Waals surface area contributed by atoms with Crippen LogP contribution in [-0.2, 0) is 65.4 Å². The molecule has 1 aromatic heterocycles. The first-order valence-electron chi connectivity index (χ1n) is 4.37. The fourth-order valence-corrected chi connectivity index (χ4v) is 1.32. The molecule has 14 heavy (non-hydrogen) atoms. The molecule has 72 valence electrons. The van der Waals surface area contributed by atoms with Crippen LogP contribution in [0.25, 0.3) is 0 Å². The van der Waals surface area contributed by atoms with Gasteiger partial charge in [0.2, 0.25) is 0 Å². The molecule has 0 aliphatic heterocycles. The topological polar surface area (TPSA) is 12.9 Å². The van der Waals surface area contributed by atoms with Gasteiger partial charge >= 0.3 is 0 Å². The van der Waals surface area contributed by atoms with Gasteiger partial charge in [-0.1, -0.05) is 33.6 Å². The summed E-state index contributed by atoms with van der Waals surface area (Å²) in [6.45, 7) is 8.68. The van der Waals surface area contributed by atoms with Crippen LogP contribution >= 0.6 is 0 Å². The van der Waals surface area contributed by atoms with E-state index in [4.69, 9.17) is 0 Å². The van der Waals surface area contributed by atoms with E-state index >= 15 is 0 Å². The summed E-state index contributed by atoms with van der Waals surface area (Å²) in [5, 5.41) is 0. The molecule has 2 radical (unpaired) electrons. The second kappa shape index (κ2) is 8.39. The molecule has 1 aromatic rings. The number of rotatable bonds is 2. The van der Waals surface area contributed by atoms with Gasteiger partial charge in [-0.3, -0.25) is 4.98 Å². The van der Waals surface area contributed by atoms with E-state index in [1.165, 1.54) is 17.0 Å². The SMILES string of the molecule is C[C-](C)c1ccncc1C(C)C.[Y].[Y]. The molecular formula is C11H16NY2-. The summed E-state index contributed by atoms with van der Waals surface area (Å²) in [5.41, 5.74) is 2.69. The summed E-state index contributed by atoms with van der Waals surface area (Å²) in [5.74, 6) is 1.92. The van der Waals surface area contributed by atoms with Crippen LogP contribution in [0.4, 0.5) is 0 Å². The van der Waals surface area contributed by atoms with E-state index in [0.29, 0.717) is 5.92 Å². The van der Waals surface area contributed by atoms with Crippen molar-refractivity contribution in [3.8, 4) is 0 Å². The molecule has 0 saturated heterocycles. The molecule has 0 aliphatic rings. The zero-order chi connectivity index (χ0) is 9.14. The van der Waals surface area contributed by atoms with Crippen molar-refractivity contribution >= 4 is 0 Å². The molecule has 0 saturated carbocycles. The predicted octanol–water partition coefficient (Wildman–Crippen LogP) is 3.16. The Kier molecular flexibility index (Phi) is 10.6. The van der Waals surface area contributed by atoms with Crippen LogP contribution in [0, 0.1) is 5.92 Å². The van der Waals surface area contributed by atoms with Crippen LogP contribution in [0.1, 0.15) is 44.7 Å². The molecule has 0 spiro atoms. The zero-order valence-electron chi connectivity index (χ0n) is 9.41. The third-order valence-electron chi connectivity index (χ3n) is 2.01. The third kappa shape index (κ3) is 4.83. The van der Waals surface area contributed by atoms with Crippen molar-refractivity contribution in [2.45, 2.75) is 33.6 Å². The van der Waals surface area contributed by atoms with Gasteiger partial charge < -0.3 is 0 Å². The smallest absolute Gasteiger partial charge is 0 e. The van der Waals surface area contributed by atoms with E-state index in [1.54, 1.807) is 0 Å². The van der Waals surface area contributed by atoms with Gasteiger partial charge in [-0.25, -0.2) is 0 Å². The molecule has 3 heteroatoms. The average Bonchev–Trinajstić information content (AvgIpc) is 2.04. The first kappa shape index (κ1) is 17.6. The molecule has 1 heterocycles. The van der Waals surface area contributed by atoms with E-state index in [2.05, 4.69) is 38.7 Å². The molecule has 0 aliphatic carbocycles. The van der Waals surface area contributed by atoms with Crippen LogP contribution in [0.5, 0.6) is 0 Å². The van der Waals surface area contributed by atoms with Crippen LogP contribution in [-0.4, -0.2) is 4.98 Å². The minimum absolute atomic E-state index is 0. The quantitative estimate of drug-likeness (QED) is 0.754. The summed E-state index contributed by atoms with van der Waals surface area (Å²) < 4.78 is 0. The Hall–Kier alpha value is 1.23. The summed E-state index contributed by atoms with van der Waals surface area (Å²) in [4.78, 5) is 4.14. The first-order valence-corrected chi connectivity index (χ1v) is 4.37. The monoisotopic (exact) mass is 340 g/mol. The van der Waals surface area contributed by atoms with Crippen molar-refractivity contribution in [2.24, 2.45) is 0 Å². The van der Waals surface area contributed by atoms with Crippen LogP contribution in [0.3, 0.4) is 0 Å². The van der Waals surface area contributed by atoms with Crippen molar-refractivity contribution in [1.29, 1.82) is 0 Å². The van der Waals surface area contributed by atoms with Crippen LogP contribution < -0.4 is 0 Å². The van der Waals surface area contributed by atoms with Gasteiger partial charge in [-0.2, -0.15) is 11.5 Å². The van der Waals surface area contributed by atoms with Crippen molar-refractivity contribution in [3.05, 3.63) is 35.5 Å². The molecule has 0 N–H and O–H groups in total. The standard InChI is InChI=1S/C11H16N.2Y/c1-8(2)10-5-6-12-7-11(10)9(3)4;;/h5-7,9H,1-4H3;;/q-1;;. The Morgan fingerprint density at radius 1 is 1.21 bits per heavy atom. The number of pyridine rings is 1. The molecule has 1 nitrogen and oxygen atoms in total. The van der Waals surface area contributed by atoms with Crippen molar-refractivity contribution < 1.29 is 65.4 Å². The Morgan fingerprint density at radius 3 is 2.14 bits per heavy atom. The number of nitrogens with zero attached hydrogens (tertiary/aromatic N) is 1. The Balaban J connectivity index is 0. The second-order valence-corrected chi connectivity index (χ2v) is 3.62. The van der Waals surface area contributed by atoms with Crippen molar-refractivity contribution in [2.75, 3.05) is 0 Å².